The van der Waals surface area contributed by atoms with Gasteiger partial charge in [-0.15, -0.1) is 0 Å². The zero-order valence-electron chi connectivity index (χ0n) is 13.9. The highest BCUT2D eigenvalue weighted by molar-refractivity contribution is 6.01. The van der Waals surface area contributed by atoms with Crippen LogP contribution in [0.3, 0.4) is 0 Å². The first-order valence-electron chi connectivity index (χ1n) is 7.44. The number of esters is 1. The molecule has 0 aliphatic heterocycles. The lowest BCUT2D eigenvalue weighted by Gasteiger charge is -2.18. The maximum atomic E-state index is 11.8. The Bertz CT molecular complexity index is 716. The third-order valence-electron chi connectivity index (χ3n) is 3.13. The van der Waals surface area contributed by atoms with E-state index in [0.717, 1.165) is 11.0 Å². The van der Waals surface area contributed by atoms with Gasteiger partial charge in [-0.2, -0.15) is 5.26 Å². The van der Waals surface area contributed by atoms with Crippen molar-refractivity contribution >= 4 is 23.6 Å². The number of Topliss-reactive ketones (excluding diaryl/α,β-unsaturated/α-hetero) is 1. The Morgan fingerprint density at radius 3 is 2.32 bits per heavy atom. The lowest BCUT2D eigenvalue weighted by atomic mass is 10.1. The third kappa shape index (κ3) is 6.79. The molecular formula is C18H18N2O5. The second-order valence-electron chi connectivity index (χ2n) is 5.21. The van der Waals surface area contributed by atoms with E-state index in [9.17, 15) is 19.2 Å². The average molecular weight is 342 g/mol. The summed E-state index contributed by atoms with van der Waals surface area (Å²) in [6.45, 7) is 4.68. The summed E-state index contributed by atoms with van der Waals surface area (Å²) >= 11 is 0. The van der Waals surface area contributed by atoms with E-state index in [1.54, 1.807) is 30.3 Å². The van der Waals surface area contributed by atoms with Gasteiger partial charge in [-0.3, -0.25) is 24.1 Å². The third-order valence-corrected chi connectivity index (χ3v) is 3.13. The Balaban J connectivity index is 2.71. The molecule has 1 aromatic rings. The number of amides is 2. The average Bonchev–Trinajstić information content (AvgIpc) is 2.57. The number of benzene rings is 1. The van der Waals surface area contributed by atoms with Crippen LogP contribution in [0.2, 0.25) is 0 Å². The van der Waals surface area contributed by atoms with Crippen molar-refractivity contribution in [2.24, 2.45) is 0 Å². The predicted octanol–water partition coefficient (Wildman–Crippen LogP) is 1.66. The fourth-order valence-electron chi connectivity index (χ4n) is 1.90. The van der Waals surface area contributed by atoms with Gasteiger partial charge in [-0.05, 0) is 24.1 Å². The second-order valence-corrected chi connectivity index (χ2v) is 5.21. The number of nitrogens with zero attached hydrogens (tertiary/aromatic N) is 2. The first-order chi connectivity index (χ1) is 11.9. The van der Waals surface area contributed by atoms with Gasteiger partial charge in [-0.25, -0.2) is 0 Å². The summed E-state index contributed by atoms with van der Waals surface area (Å²) < 4.78 is 4.96. The van der Waals surface area contributed by atoms with Crippen LogP contribution in [-0.2, 0) is 37.1 Å². The summed E-state index contributed by atoms with van der Waals surface area (Å²) in [4.78, 5) is 46.7. The minimum Gasteiger partial charge on any atom is -0.460 e. The topological polar surface area (TPSA) is 105 Å². The van der Waals surface area contributed by atoms with Gasteiger partial charge in [0.15, 0.2) is 0 Å². The first-order valence-corrected chi connectivity index (χ1v) is 7.44. The highest BCUT2D eigenvalue weighted by Gasteiger charge is 2.19. The fraction of sp³-hybridized carbons (Fsp3) is 0.278. The maximum absolute atomic E-state index is 11.8. The molecule has 7 heteroatoms. The van der Waals surface area contributed by atoms with Crippen molar-refractivity contribution in [2.75, 3.05) is 0 Å². The van der Waals surface area contributed by atoms with E-state index in [2.05, 4.69) is 6.58 Å². The van der Waals surface area contributed by atoms with Crippen LogP contribution in [0.5, 0.6) is 0 Å². The Hall–Kier alpha value is -3.27. The zero-order chi connectivity index (χ0) is 18.8. The number of carbonyl (C=O) groups is 4. The van der Waals surface area contributed by atoms with Gasteiger partial charge in [-0.1, -0.05) is 30.8 Å². The molecule has 130 valence electrons. The van der Waals surface area contributed by atoms with Crippen LogP contribution in [0.4, 0.5) is 0 Å². The van der Waals surface area contributed by atoms with Crippen molar-refractivity contribution in [1.82, 2.24) is 4.90 Å². The van der Waals surface area contributed by atoms with Crippen molar-refractivity contribution < 1.29 is 23.9 Å². The lowest BCUT2D eigenvalue weighted by molar-refractivity contribution is -0.147. The molecule has 0 spiro atoms. The predicted molar refractivity (Wildman–Crippen MR) is 87.5 cm³/mol. The number of imide groups is 1. The monoisotopic (exact) mass is 342 g/mol. The van der Waals surface area contributed by atoms with E-state index in [1.165, 1.54) is 6.92 Å². The molecule has 0 saturated carbocycles. The zero-order valence-corrected chi connectivity index (χ0v) is 13.9. The van der Waals surface area contributed by atoms with Gasteiger partial charge in [0.25, 0.3) is 5.91 Å². The first kappa shape index (κ1) is 19.8. The molecule has 0 bridgehead atoms. The Morgan fingerprint density at radius 2 is 1.80 bits per heavy atom. The van der Waals surface area contributed by atoms with Crippen LogP contribution in [0.25, 0.3) is 0 Å². The van der Waals surface area contributed by atoms with Crippen molar-refractivity contribution in [3.8, 4) is 6.07 Å². The highest BCUT2D eigenvalue weighted by atomic mass is 16.5. The van der Waals surface area contributed by atoms with Gasteiger partial charge < -0.3 is 4.74 Å². The minimum atomic E-state index is -0.602. The van der Waals surface area contributed by atoms with Gasteiger partial charge in [0.1, 0.15) is 25.2 Å². The van der Waals surface area contributed by atoms with Crippen molar-refractivity contribution in [3.05, 3.63) is 48.0 Å². The van der Waals surface area contributed by atoms with Crippen LogP contribution in [0, 0.1) is 11.3 Å². The number of ketones is 1. The molecule has 25 heavy (non-hydrogen) atoms. The molecule has 0 heterocycles. The quantitative estimate of drug-likeness (QED) is 0.404. The molecule has 0 fully saturated rings. The van der Waals surface area contributed by atoms with Crippen LogP contribution in [0.15, 0.2) is 36.9 Å². The minimum absolute atomic E-state index is 0.00969. The summed E-state index contributed by atoms with van der Waals surface area (Å²) in [6.07, 6.45) is 0.347. The van der Waals surface area contributed by atoms with Gasteiger partial charge in [0.05, 0.1) is 12.6 Å². The normalized spacial score (nSPS) is 9.60. The second kappa shape index (κ2) is 9.78. The Morgan fingerprint density at radius 1 is 1.20 bits per heavy atom. The lowest BCUT2D eigenvalue weighted by Crippen LogP contribution is -2.34. The summed E-state index contributed by atoms with van der Waals surface area (Å²) in [5, 5.41) is 8.60. The van der Waals surface area contributed by atoms with E-state index >= 15 is 0 Å². The summed E-state index contributed by atoms with van der Waals surface area (Å²) in [6, 6.07) is 8.43. The molecule has 2 amide bonds. The van der Waals surface area contributed by atoms with Gasteiger partial charge >= 0.3 is 5.97 Å². The molecule has 0 N–H and O–H groups in total. The molecule has 0 aromatic heterocycles. The van der Waals surface area contributed by atoms with Crippen molar-refractivity contribution in [2.45, 2.75) is 32.9 Å². The fourth-order valence-corrected chi connectivity index (χ4v) is 1.90. The Labute approximate surface area is 145 Å². The summed E-state index contributed by atoms with van der Waals surface area (Å²) in [7, 11) is 0. The van der Waals surface area contributed by atoms with E-state index in [1.807, 2.05) is 0 Å². The molecule has 0 radical (unpaired) electrons. The van der Waals surface area contributed by atoms with Gasteiger partial charge in [0.2, 0.25) is 5.91 Å². The number of carbonyl (C=O) groups excluding carboxylic acids is 4. The number of ether oxygens (including phenoxy) is 1. The molecule has 0 atom stereocenters. The molecule has 1 rings (SSSR count). The molecule has 0 saturated heterocycles. The maximum Gasteiger partial charge on any atom is 0.313 e. The summed E-state index contributed by atoms with van der Waals surface area (Å²) in [5.41, 5.74) is 1.37. The van der Waals surface area contributed by atoms with E-state index in [0.29, 0.717) is 11.1 Å². The van der Waals surface area contributed by atoms with Crippen LogP contribution < -0.4 is 0 Å². The molecule has 0 aliphatic rings. The Kier molecular flexibility index (Phi) is 7.73. The number of nitriles is 1. The molecule has 0 unspecified atom stereocenters. The number of hydrogen-bond donors (Lipinski definition) is 0. The number of rotatable bonds is 8. The SMILES string of the molecule is C=CC(=O)N(Cc1ccc(COC(=O)CC(C)=O)cc1)C(=O)CC#N. The number of hydrogen-bond acceptors (Lipinski definition) is 6. The van der Waals surface area contributed by atoms with Crippen LogP contribution in [-0.4, -0.2) is 28.5 Å². The van der Waals surface area contributed by atoms with E-state index < -0.39 is 24.2 Å². The highest BCUT2D eigenvalue weighted by Crippen LogP contribution is 2.11. The van der Waals surface area contributed by atoms with E-state index in [4.69, 9.17) is 10.00 Å². The van der Waals surface area contributed by atoms with Crippen LogP contribution in [0.1, 0.15) is 30.9 Å². The molecular weight excluding hydrogens is 324 g/mol. The van der Waals surface area contributed by atoms with Crippen molar-refractivity contribution in [1.29, 1.82) is 5.26 Å². The largest absolute Gasteiger partial charge is 0.460 e. The smallest absolute Gasteiger partial charge is 0.313 e. The van der Waals surface area contributed by atoms with Crippen molar-refractivity contribution in [3.63, 3.8) is 0 Å². The molecule has 1 aromatic carbocycles. The molecule has 0 aliphatic carbocycles. The van der Waals surface area contributed by atoms with Crippen LogP contribution >= 0.6 is 0 Å². The van der Waals surface area contributed by atoms with Gasteiger partial charge in [0, 0.05) is 0 Å². The molecule has 7 nitrogen and oxygen atoms in total. The summed E-state index contributed by atoms with van der Waals surface area (Å²) in [5.74, 6) is -2.05. The standard InChI is InChI=1S/C18H18N2O5/c1-3-16(22)20(17(23)8-9-19)11-14-4-6-15(7-5-14)12-25-18(24)10-13(2)21/h3-7H,1,8,10-12H2,2H3. The van der Waals surface area contributed by atoms with E-state index in [-0.39, 0.29) is 25.4 Å².